The van der Waals surface area contributed by atoms with E-state index in [4.69, 9.17) is 28.4 Å². The monoisotopic (exact) mass is 899 g/mol. The molecule has 2 atom stereocenters. The molecule has 12 nitrogen and oxygen atoms in total. The molecule has 12 heteroatoms. The Kier molecular flexibility index (Phi) is 25.7. The van der Waals surface area contributed by atoms with Crippen LogP contribution in [0.5, 0.6) is 11.5 Å². The van der Waals surface area contributed by atoms with E-state index in [2.05, 4.69) is 37.6 Å². The quantitative estimate of drug-likeness (QED) is 0.0268. The third-order valence-corrected chi connectivity index (χ3v) is 10.6. The molecule has 0 bridgehead atoms. The number of carbonyl (C=O) groups is 4. The minimum atomic E-state index is -0.965. The van der Waals surface area contributed by atoms with E-state index < -0.39 is 36.3 Å². The molecule has 0 aromatic heterocycles. The first-order valence-corrected chi connectivity index (χ1v) is 23.5. The van der Waals surface area contributed by atoms with E-state index in [0.717, 1.165) is 25.7 Å². The van der Waals surface area contributed by atoms with Crippen LogP contribution in [-0.4, -0.2) is 62.8 Å². The van der Waals surface area contributed by atoms with Gasteiger partial charge in [-0.1, -0.05) is 134 Å². The van der Waals surface area contributed by atoms with Gasteiger partial charge >= 0.3 is 24.1 Å². The molecule has 0 fully saturated rings. The number of aryl methyl sites for hydroxylation is 3. The number of nitrogens with one attached hydrogen (secondary N) is 2. The summed E-state index contributed by atoms with van der Waals surface area (Å²) in [5.41, 5.74) is 4.16. The molecule has 0 spiro atoms. The highest BCUT2D eigenvalue weighted by Gasteiger charge is 2.22. The number of unbranched alkanes of at least 4 members (excludes halogenated alkanes) is 12. The molecule has 0 heterocycles. The van der Waals surface area contributed by atoms with Crippen molar-refractivity contribution in [3.63, 3.8) is 0 Å². The van der Waals surface area contributed by atoms with E-state index in [1.54, 1.807) is 25.1 Å². The fraction of sp³-hybridized carbons (Fsp3) is 0.509. The van der Waals surface area contributed by atoms with E-state index >= 15 is 0 Å². The summed E-state index contributed by atoms with van der Waals surface area (Å²) >= 11 is 0. The molecule has 2 N–H and O–H groups in total. The normalized spacial score (nSPS) is 11.7. The third kappa shape index (κ3) is 23.1. The molecule has 0 aliphatic carbocycles. The Hall–Kier alpha value is -5.78. The van der Waals surface area contributed by atoms with Gasteiger partial charge in [0.1, 0.15) is 37.9 Å². The van der Waals surface area contributed by atoms with Crippen LogP contribution in [0.15, 0.2) is 91.0 Å². The van der Waals surface area contributed by atoms with Gasteiger partial charge in [-0.3, -0.25) is 10.6 Å². The Morgan fingerprint density at radius 2 is 0.923 bits per heavy atom. The first-order valence-electron chi connectivity index (χ1n) is 23.5. The predicted molar refractivity (Wildman–Crippen MR) is 258 cm³/mol. The van der Waals surface area contributed by atoms with Crippen molar-refractivity contribution in [3.8, 4) is 11.5 Å². The molecule has 356 valence electrons. The number of amides is 2. The zero-order valence-electron chi connectivity index (χ0n) is 39.6. The summed E-state index contributed by atoms with van der Waals surface area (Å²) in [6.07, 6.45) is 15.9. The van der Waals surface area contributed by atoms with E-state index in [1.165, 1.54) is 102 Å². The molecule has 0 aliphatic heterocycles. The second-order valence-corrected chi connectivity index (χ2v) is 16.7. The maximum atomic E-state index is 13.2. The van der Waals surface area contributed by atoms with E-state index in [1.807, 2.05) is 48.5 Å². The maximum absolute atomic E-state index is 13.2. The van der Waals surface area contributed by atoms with Crippen LogP contribution >= 0.6 is 0 Å². The van der Waals surface area contributed by atoms with Crippen molar-refractivity contribution in [3.05, 3.63) is 108 Å². The molecule has 3 aromatic rings. The molecule has 3 aromatic carbocycles. The molecular weight excluding hydrogens is 825 g/mol. The van der Waals surface area contributed by atoms with Gasteiger partial charge in [-0.25, -0.2) is 19.2 Å². The second-order valence-electron chi connectivity index (χ2n) is 16.7. The standard InChI is InChI=1S/C53H74N2O10/c1-8-10-12-14-16-18-20-22-42-25-30-45(31-26-42)60-35-47(37-62-50(56)39(3)4)64-52(58)54-44-29-24-41(7)49(34-44)55-53(59)65-48(38-63-51(57)40(5)6)36-61-46-32-27-43(28-33-46)23-21-19-17-15-13-11-9-2/h24-34,47-48H,3,5,8-23,35-38H2,1-2,4,6-7H3,(H,54,58)(H,55,59). The summed E-state index contributed by atoms with van der Waals surface area (Å²) in [5, 5.41) is 5.37. The Morgan fingerprint density at radius 3 is 1.34 bits per heavy atom. The molecule has 2 unspecified atom stereocenters. The van der Waals surface area contributed by atoms with Crippen molar-refractivity contribution in [1.29, 1.82) is 0 Å². The van der Waals surface area contributed by atoms with Crippen molar-refractivity contribution in [2.75, 3.05) is 37.1 Å². The van der Waals surface area contributed by atoms with E-state index in [9.17, 15) is 19.2 Å². The van der Waals surface area contributed by atoms with Crippen molar-refractivity contribution in [1.82, 2.24) is 0 Å². The minimum absolute atomic E-state index is 0.0856. The Morgan fingerprint density at radius 1 is 0.523 bits per heavy atom. The molecular formula is C53H74N2O10. The van der Waals surface area contributed by atoms with Gasteiger partial charge in [0.15, 0.2) is 12.2 Å². The number of carbonyl (C=O) groups excluding carboxylic acids is 4. The van der Waals surface area contributed by atoms with Crippen molar-refractivity contribution in [2.24, 2.45) is 0 Å². The van der Waals surface area contributed by atoms with Crippen molar-refractivity contribution < 1.29 is 47.6 Å². The van der Waals surface area contributed by atoms with Crippen molar-refractivity contribution in [2.45, 2.75) is 150 Å². The summed E-state index contributed by atoms with van der Waals surface area (Å²) in [7, 11) is 0. The van der Waals surface area contributed by atoms with Gasteiger partial charge in [0.25, 0.3) is 0 Å². The highest BCUT2D eigenvalue weighted by molar-refractivity contribution is 5.90. The number of esters is 2. The molecule has 0 saturated carbocycles. The average Bonchev–Trinajstić information content (AvgIpc) is 3.29. The SMILES string of the molecule is C=C(C)C(=O)OCC(COc1ccc(CCCCCCCCC)cc1)OC(=O)Nc1ccc(C)c(NC(=O)OC(COC(=O)C(=C)C)COc2ccc(CCCCCCCCC)cc2)c1. The topological polar surface area (TPSA) is 148 Å². The Balaban J connectivity index is 1.56. The van der Waals surface area contributed by atoms with Gasteiger partial charge in [-0.05, 0) is 99.5 Å². The number of rotatable bonds is 32. The average molecular weight is 899 g/mol. The van der Waals surface area contributed by atoms with Crippen molar-refractivity contribution >= 4 is 35.5 Å². The largest absolute Gasteiger partial charge is 0.490 e. The molecule has 2 amide bonds. The smallest absolute Gasteiger partial charge is 0.412 e. The van der Waals surface area contributed by atoms with Crippen LogP contribution in [0.3, 0.4) is 0 Å². The first-order chi connectivity index (χ1) is 31.4. The predicted octanol–water partition coefficient (Wildman–Crippen LogP) is 12.8. The summed E-state index contributed by atoms with van der Waals surface area (Å²) < 4.78 is 33.9. The van der Waals surface area contributed by atoms with E-state index in [-0.39, 0.29) is 37.6 Å². The maximum Gasteiger partial charge on any atom is 0.412 e. The second kappa shape index (κ2) is 31.2. The first kappa shape index (κ1) is 53.6. The number of hydrogen-bond acceptors (Lipinski definition) is 10. The molecule has 65 heavy (non-hydrogen) atoms. The van der Waals surface area contributed by atoms with Crippen LogP contribution in [0.25, 0.3) is 0 Å². The van der Waals surface area contributed by atoms with Gasteiger partial charge in [0, 0.05) is 22.5 Å². The zero-order valence-corrected chi connectivity index (χ0v) is 39.6. The number of benzene rings is 3. The van der Waals surface area contributed by atoms with Crippen LogP contribution in [0.2, 0.25) is 0 Å². The number of hydrogen-bond donors (Lipinski definition) is 2. The van der Waals surface area contributed by atoms with Gasteiger partial charge in [-0.2, -0.15) is 0 Å². The highest BCUT2D eigenvalue weighted by atomic mass is 16.6. The summed E-state index contributed by atoms with van der Waals surface area (Å²) in [4.78, 5) is 50.9. The zero-order chi connectivity index (χ0) is 47.2. The lowest BCUT2D eigenvalue weighted by Crippen LogP contribution is -2.33. The van der Waals surface area contributed by atoms with Gasteiger partial charge in [0.2, 0.25) is 0 Å². The Bertz CT molecular complexity index is 1910. The summed E-state index contributed by atoms with van der Waals surface area (Å²) in [6, 6.07) is 20.5. The lowest BCUT2D eigenvalue weighted by Gasteiger charge is -2.20. The van der Waals surface area contributed by atoms with Crippen LogP contribution in [-0.2, 0) is 41.4 Å². The van der Waals surface area contributed by atoms with Gasteiger partial charge in [0.05, 0.1) is 0 Å². The van der Waals surface area contributed by atoms with Crippen LogP contribution in [0.4, 0.5) is 21.0 Å². The molecule has 0 aliphatic rings. The van der Waals surface area contributed by atoms with Gasteiger partial charge < -0.3 is 28.4 Å². The Labute approximate surface area is 387 Å². The number of anilines is 2. The minimum Gasteiger partial charge on any atom is -0.490 e. The van der Waals surface area contributed by atoms with Crippen LogP contribution in [0.1, 0.15) is 134 Å². The highest BCUT2D eigenvalue weighted by Crippen LogP contribution is 2.23. The molecule has 0 radical (unpaired) electrons. The molecule has 3 rings (SSSR count). The lowest BCUT2D eigenvalue weighted by atomic mass is 10.0. The lowest BCUT2D eigenvalue weighted by molar-refractivity contribution is -0.143. The third-order valence-electron chi connectivity index (χ3n) is 10.6. The fourth-order valence-corrected chi connectivity index (χ4v) is 6.70. The van der Waals surface area contributed by atoms with Gasteiger partial charge in [-0.15, -0.1) is 0 Å². The van der Waals surface area contributed by atoms with Crippen LogP contribution < -0.4 is 20.1 Å². The van der Waals surface area contributed by atoms with Crippen LogP contribution in [0, 0.1) is 6.92 Å². The fourth-order valence-electron chi connectivity index (χ4n) is 6.70. The van der Waals surface area contributed by atoms with E-state index in [0.29, 0.717) is 28.4 Å². The molecule has 0 saturated heterocycles. The summed E-state index contributed by atoms with van der Waals surface area (Å²) in [5.74, 6) is -0.0806. The summed E-state index contributed by atoms with van der Waals surface area (Å²) in [6.45, 7) is 15.8. The number of ether oxygens (including phenoxy) is 6.